The lowest BCUT2D eigenvalue weighted by Gasteiger charge is -2.47. The zero-order valence-corrected chi connectivity index (χ0v) is 18.1. The fraction of sp³-hybridized carbons (Fsp3) is 0.810. The van der Waals surface area contributed by atoms with Gasteiger partial charge in [0.2, 0.25) is 5.91 Å². The molecule has 2 atom stereocenters. The summed E-state index contributed by atoms with van der Waals surface area (Å²) in [6, 6.07) is 0. The van der Waals surface area contributed by atoms with Crippen LogP contribution in [0.4, 0.5) is 4.39 Å². The van der Waals surface area contributed by atoms with Gasteiger partial charge in [0.15, 0.2) is 12.3 Å². The summed E-state index contributed by atoms with van der Waals surface area (Å²) in [5.41, 5.74) is -0.248. The van der Waals surface area contributed by atoms with Gasteiger partial charge in [0, 0.05) is 57.4 Å². The number of hydrogen-bond acceptors (Lipinski definition) is 5. The van der Waals surface area contributed by atoms with Crippen molar-refractivity contribution in [3.63, 3.8) is 0 Å². The van der Waals surface area contributed by atoms with Crippen LogP contribution >= 0.6 is 0 Å². The monoisotopic (exact) mass is 396 g/mol. The fourth-order valence-electron chi connectivity index (χ4n) is 3.77. The molecule has 1 saturated heterocycles. The molecule has 1 unspecified atom stereocenters. The average molecular weight is 397 g/mol. The Balaban J connectivity index is 1.94. The van der Waals surface area contributed by atoms with Crippen molar-refractivity contribution in [1.29, 1.82) is 0 Å². The predicted molar refractivity (Wildman–Crippen MR) is 112 cm³/mol. The van der Waals surface area contributed by atoms with E-state index in [2.05, 4.69) is 42.5 Å². The third-order valence-corrected chi connectivity index (χ3v) is 5.49. The van der Waals surface area contributed by atoms with Gasteiger partial charge in [-0.15, -0.1) is 0 Å². The minimum Gasteiger partial charge on any atom is -0.377 e. The summed E-state index contributed by atoms with van der Waals surface area (Å²) in [5.74, 6) is -0.0577. The zero-order chi connectivity index (χ0) is 20.7. The molecule has 0 spiro atoms. The number of alkyl halides is 1. The Kier molecular flexibility index (Phi) is 8.58. The van der Waals surface area contributed by atoms with Crippen molar-refractivity contribution in [1.82, 2.24) is 14.7 Å². The van der Waals surface area contributed by atoms with E-state index in [4.69, 9.17) is 4.74 Å². The highest BCUT2D eigenvalue weighted by atomic mass is 19.1. The van der Waals surface area contributed by atoms with Crippen LogP contribution in [0.3, 0.4) is 0 Å². The van der Waals surface area contributed by atoms with E-state index in [0.29, 0.717) is 13.0 Å². The molecule has 7 heteroatoms. The molecule has 28 heavy (non-hydrogen) atoms. The van der Waals surface area contributed by atoms with Crippen LogP contribution in [-0.2, 0) is 9.53 Å². The SMILES string of the molecule is CCC(=O)N(CC(C)(C)N1CCN(CCOC(C)C)CC1)C1N=CC=C[C@@H]1F. The van der Waals surface area contributed by atoms with Crippen molar-refractivity contribution in [2.75, 3.05) is 45.9 Å². The first-order valence-electron chi connectivity index (χ1n) is 10.5. The second-order valence-electron chi connectivity index (χ2n) is 8.48. The van der Waals surface area contributed by atoms with Gasteiger partial charge in [-0.2, -0.15) is 0 Å². The van der Waals surface area contributed by atoms with Crippen molar-refractivity contribution in [2.45, 2.75) is 65.0 Å². The molecule has 160 valence electrons. The van der Waals surface area contributed by atoms with Gasteiger partial charge in [0.1, 0.15) is 0 Å². The first kappa shape index (κ1) is 23.0. The third-order valence-electron chi connectivity index (χ3n) is 5.49. The molecule has 6 nitrogen and oxygen atoms in total. The van der Waals surface area contributed by atoms with Crippen molar-refractivity contribution < 1.29 is 13.9 Å². The summed E-state index contributed by atoms with van der Waals surface area (Å²) >= 11 is 0. The Labute approximate surface area is 169 Å². The minimum absolute atomic E-state index is 0.0577. The smallest absolute Gasteiger partial charge is 0.224 e. The first-order valence-corrected chi connectivity index (χ1v) is 10.5. The van der Waals surface area contributed by atoms with Crippen molar-refractivity contribution in [3.8, 4) is 0 Å². The van der Waals surface area contributed by atoms with Crippen molar-refractivity contribution in [2.24, 2.45) is 4.99 Å². The summed E-state index contributed by atoms with van der Waals surface area (Å²) in [4.78, 5) is 23.2. The maximum atomic E-state index is 14.4. The molecule has 0 bridgehead atoms. The van der Waals surface area contributed by atoms with Crippen LogP contribution in [0, 0.1) is 0 Å². The molecule has 2 rings (SSSR count). The number of allylic oxidation sites excluding steroid dienone is 1. The van der Waals surface area contributed by atoms with E-state index in [9.17, 15) is 9.18 Å². The molecule has 0 N–H and O–H groups in total. The molecule has 0 aromatic carbocycles. The predicted octanol–water partition coefficient (Wildman–Crippen LogP) is 2.35. The molecule has 2 aliphatic heterocycles. The number of aliphatic imine (C=N–C) groups is 1. The lowest BCUT2D eigenvalue weighted by atomic mass is 9.99. The molecule has 2 heterocycles. The summed E-state index contributed by atoms with van der Waals surface area (Å²) in [7, 11) is 0. The molecule has 0 radical (unpaired) electrons. The minimum atomic E-state index is -1.26. The molecule has 0 saturated carbocycles. The number of dihydropyridines is 1. The molecular weight excluding hydrogens is 359 g/mol. The van der Waals surface area contributed by atoms with Gasteiger partial charge in [0.05, 0.1) is 12.7 Å². The van der Waals surface area contributed by atoms with Gasteiger partial charge in [0.25, 0.3) is 0 Å². The molecule has 1 amide bonds. The first-order chi connectivity index (χ1) is 13.2. The van der Waals surface area contributed by atoms with E-state index in [1.54, 1.807) is 17.2 Å². The van der Waals surface area contributed by atoms with Gasteiger partial charge in [-0.1, -0.05) is 6.92 Å². The lowest BCUT2D eigenvalue weighted by Crippen LogP contribution is -2.61. The van der Waals surface area contributed by atoms with Gasteiger partial charge in [-0.3, -0.25) is 19.6 Å². The number of carbonyl (C=O) groups excluding carboxylic acids is 1. The second kappa shape index (κ2) is 10.5. The number of rotatable bonds is 9. The third kappa shape index (κ3) is 6.36. The quantitative estimate of drug-likeness (QED) is 0.600. The van der Waals surface area contributed by atoms with Crippen LogP contribution in [0.2, 0.25) is 0 Å². The number of piperazine rings is 1. The van der Waals surface area contributed by atoms with Gasteiger partial charge in [-0.25, -0.2) is 4.39 Å². The summed E-state index contributed by atoms with van der Waals surface area (Å²) < 4.78 is 20.1. The van der Waals surface area contributed by atoms with Crippen LogP contribution in [0.25, 0.3) is 0 Å². The molecule has 0 aromatic rings. The highest BCUT2D eigenvalue weighted by Crippen LogP contribution is 2.23. The summed E-state index contributed by atoms with van der Waals surface area (Å²) in [6.07, 6.45) is 3.25. The number of ether oxygens (including phenoxy) is 1. The molecule has 2 aliphatic rings. The van der Waals surface area contributed by atoms with Crippen molar-refractivity contribution >= 4 is 12.1 Å². The maximum Gasteiger partial charge on any atom is 0.224 e. The number of halogens is 1. The second-order valence-corrected chi connectivity index (χ2v) is 8.48. The number of amides is 1. The van der Waals surface area contributed by atoms with Gasteiger partial charge < -0.3 is 9.64 Å². The van der Waals surface area contributed by atoms with E-state index in [0.717, 1.165) is 39.3 Å². The Hall–Kier alpha value is -1.31. The largest absolute Gasteiger partial charge is 0.377 e. The number of carbonyl (C=O) groups is 1. The maximum absolute atomic E-state index is 14.4. The number of hydrogen-bond donors (Lipinski definition) is 0. The average Bonchev–Trinajstić information content (AvgIpc) is 2.66. The standard InChI is InChI=1S/C21H37FN4O2/c1-6-19(27)26(20-18(22)8-7-9-23-20)16-21(4,5)25-12-10-24(11-13-25)14-15-28-17(2)3/h7-9,17-18,20H,6,10-16H2,1-5H3/t18-,20?/m0/s1. The zero-order valence-electron chi connectivity index (χ0n) is 18.1. The molecule has 1 fully saturated rings. The molecule has 0 aromatic heterocycles. The summed E-state index contributed by atoms with van der Waals surface area (Å²) in [6.45, 7) is 16.2. The van der Waals surface area contributed by atoms with E-state index in [1.807, 2.05) is 6.92 Å². The lowest BCUT2D eigenvalue weighted by molar-refractivity contribution is -0.136. The van der Waals surface area contributed by atoms with Crippen LogP contribution in [0.1, 0.15) is 41.0 Å². The Morgan fingerprint density at radius 3 is 2.57 bits per heavy atom. The Morgan fingerprint density at radius 1 is 1.32 bits per heavy atom. The molecular formula is C21H37FN4O2. The van der Waals surface area contributed by atoms with Crippen molar-refractivity contribution in [3.05, 3.63) is 12.2 Å². The number of nitrogens with zero attached hydrogens (tertiary/aromatic N) is 4. The highest BCUT2D eigenvalue weighted by Gasteiger charge is 2.37. The van der Waals surface area contributed by atoms with Gasteiger partial charge >= 0.3 is 0 Å². The Morgan fingerprint density at radius 2 is 2.00 bits per heavy atom. The van der Waals surface area contributed by atoms with Crippen LogP contribution in [0.15, 0.2) is 17.1 Å². The Bertz CT molecular complexity index is 557. The molecule has 0 aliphatic carbocycles. The normalized spacial score (nSPS) is 24.1. The van der Waals surface area contributed by atoms with Crippen LogP contribution in [0.5, 0.6) is 0 Å². The van der Waals surface area contributed by atoms with E-state index in [1.165, 1.54) is 6.08 Å². The topological polar surface area (TPSA) is 48.4 Å². The van der Waals surface area contributed by atoms with E-state index >= 15 is 0 Å². The van der Waals surface area contributed by atoms with Crippen LogP contribution < -0.4 is 0 Å². The van der Waals surface area contributed by atoms with E-state index < -0.39 is 12.3 Å². The van der Waals surface area contributed by atoms with E-state index in [-0.39, 0.29) is 17.6 Å². The summed E-state index contributed by atoms with van der Waals surface area (Å²) in [5, 5.41) is 0. The highest BCUT2D eigenvalue weighted by molar-refractivity contribution is 5.78. The fourth-order valence-corrected chi connectivity index (χ4v) is 3.77. The van der Waals surface area contributed by atoms with Crippen LogP contribution in [-0.4, -0.2) is 96.7 Å². The van der Waals surface area contributed by atoms with Gasteiger partial charge in [-0.05, 0) is 39.8 Å².